The van der Waals surface area contributed by atoms with E-state index in [-0.39, 0.29) is 18.6 Å². The summed E-state index contributed by atoms with van der Waals surface area (Å²) in [6, 6.07) is 0. The lowest BCUT2D eigenvalue weighted by molar-refractivity contribution is -0.151. The van der Waals surface area contributed by atoms with E-state index in [9.17, 15) is 4.79 Å². The molecule has 0 aromatic rings. The van der Waals surface area contributed by atoms with Gasteiger partial charge in [-0.2, -0.15) is 0 Å². The van der Waals surface area contributed by atoms with Crippen molar-refractivity contribution in [3.05, 3.63) is 0 Å². The molecule has 84 valence electrons. The summed E-state index contributed by atoms with van der Waals surface area (Å²) in [7, 11) is 0. The second kappa shape index (κ2) is 4.75. The van der Waals surface area contributed by atoms with Crippen LogP contribution in [0.2, 0.25) is 0 Å². The number of ether oxygens (including phenoxy) is 1. The minimum atomic E-state index is -0.876. The molecule has 2 N–H and O–H groups in total. The SMILES string of the molecule is CC(C)(CO)COCC(C)(C)C(=O)O. The largest absolute Gasteiger partial charge is 0.481 e. The second-order valence-corrected chi connectivity index (χ2v) is 5.00. The number of aliphatic hydroxyl groups excluding tert-OH is 1. The van der Waals surface area contributed by atoms with E-state index in [0.29, 0.717) is 6.61 Å². The molecule has 0 radical (unpaired) electrons. The Morgan fingerprint density at radius 2 is 1.71 bits per heavy atom. The van der Waals surface area contributed by atoms with Gasteiger partial charge >= 0.3 is 5.97 Å². The van der Waals surface area contributed by atoms with Crippen molar-refractivity contribution >= 4 is 5.97 Å². The summed E-state index contributed by atoms with van der Waals surface area (Å²) >= 11 is 0. The number of aliphatic carboxylic acids is 1. The topological polar surface area (TPSA) is 66.8 Å². The van der Waals surface area contributed by atoms with Gasteiger partial charge in [-0.15, -0.1) is 0 Å². The number of aliphatic hydroxyl groups is 1. The van der Waals surface area contributed by atoms with Crippen molar-refractivity contribution in [3.8, 4) is 0 Å². The minimum Gasteiger partial charge on any atom is -0.481 e. The van der Waals surface area contributed by atoms with E-state index in [1.54, 1.807) is 13.8 Å². The molecule has 0 atom stereocenters. The number of carbonyl (C=O) groups is 1. The Labute approximate surface area is 84.9 Å². The molecule has 0 unspecified atom stereocenters. The normalized spacial score (nSPS) is 12.9. The van der Waals surface area contributed by atoms with Gasteiger partial charge in [-0.25, -0.2) is 0 Å². The number of hydrogen-bond donors (Lipinski definition) is 2. The van der Waals surface area contributed by atoms with Crippen molar-refractivity contribution in [1.29, 1.82) is 0 Å². The summed E-state index contributed by atoms with van der Waals surface area (Å²) in [4.78, 5) is 10.7. The molecule has 0 spiro atoms. The van der Waals surface area contributed by atoms with Crippen LogP contribution in [0, 0.1) is 10.8 Å². The van der Waals surface area contributed by atoms with Gasteiger partial charge in [0.2, 0.25) is 0 Å². The van der Waals surface area contributed by atoms with Crippen LogP contribution >= 0.6 is 0 Å². The van der Waals surface area contributed by atoms with Crippen molar-refractivity contribution in [2.75, 3.05) is 19.8 Å². The third-order valence-corrected chi connectivity index (χ3v) is 1.96. The molecule has 4 heteroatoms. The maximum Gasteiger partial charge on any atom is 0.311 e. The van der Waals surface area contributed by atoms with Crippen LogP contribution in [0.1, 0.15) is 27.7 Å². The Bertz CT molecular complexity index is 196. The molecule has 0 bridgehead atoms. The average molecular weight is 204 g/mol. The first-order valence-corrected chi connectivity index (χ1v) is 4.63. The van der Waals surface area contributed by atoms with Crippen LogP contribution in [-0.2, 0) is 9.53 Å². The average Bonchev–Trinajstić information content (AvgIpc) is 2.03. The smallest absolute Gasteiger partial charge is 0.311 e. The van der Waals surface area contributed by atoms with Crippen LogP contribution < -0.4 is 0 Å². The Morgan fingerprint density at radius 1 is 1.21 bits per heavy atom. The van der Waals surface area contributed by atoms with Gasteiger partial charge < -0.3 is 14.9 Å². The van der Waals surface area contributed by atoms with Crippen LogP contribution in [0.3, 0.4) is 0 Å². The monoisotopic (exact) mass is 204 g/mol. The third-order valence-electron chi connectivity index (χ3n) is 1.96. The summed E-state index contributed by atoms with van der Waals surface area (Å²) < 4.78 is 5.27. The van der Waals surface area contributed by atoms with Gasteiger partial charge in [-0.05, 0) is 13.8 Å². The predicted octanol–water partition coefficient (Wildman–Crippen LogP) is 1.13. The molecular weight excluding hydrogens is 184 g/mol. The molecule has 0 aromatic carbocycles. The molecule has 0 aliphatic carbocycles. The van der Waals surface area contributed by atoms with Crippen LogP contribution in [0.4, 0.5) is 0 Å². The van der Waals surface area contributed by atoms with Crippen molar-refractivity contribution in [2.45, 2.75) is 27.7 Å². The first-order valence-electron chi connectivity index (χ1n) is 4.63. The zero-order valence-electron chi connectivity index (χ0n) is 9.33. The molecule has 0 aliphatic heterocycles. The standard InChI is InChI=1S/C10H20O4/c1-9(2,5-11)6-14-7-10(3,4)8(12)13/h11H,5-7H2,1-4H3,(H,12,13). The van der Waals surface area contributed by atoms with E-state index in [2.05, 4.69) is 0 Å². The predicted molar refractivity (Wildman–Crippen MR) is 53.1 cm³/mol. The highest BCUT2D eigenvalue weighted by Crippen LogP contribution is 2.19. The highest BCUT2D eigenvalue weighted by Gasteiger charge is 2.28. The third kappa shape index (κ3) is 4.58. The molecule has 0 heterocycles. The fourth-order valence-electron chi connectivity index (χ4n) is 0.690. The molecule has 0 rings (SSSR count). The second-order valence-electron chi connectivity index (χ2n) is 5.00. The molecule has 0 saturated carbocycles. The van der Waals surface area contributed by atoms with Gasteiger partial charge in [0.05, 0.1) is 25.2 Å². The number of rotatable bonds is 6. The van der Waals surface area contributed by atoms with Gasteiger partial charge in [0.25, 0.3) is 0 Å². The highest BCUT2D eigenvalue weighted by molar-refractivity contribution is 5.73. The van der Waals surface area contributed by atoms with E-state index in [1.807, 2.05) is 13.8 Å². The zero-order valence-corrected chi connectivity index (χ0v) is 9.33. The fraction of sp³-hybridized carbons (Fsp3) is 0.900. The van der Waals surface area contributed by atoms with Gasteiger partial charge in [-0.1, -0.05) is 13.8 Å². The van der Waals surface area contributed by atoms with E-state index in [0.717, 1.165) is 0 Å². The maximum absolute atomic E-state index is 10.7. The van der Waals surface area contributed by atoms with Crippen LogP contribution in [0.25, 0.3) is 0 Å². The lowest BCUT2D eigenvalue weighted by atomic mass is 9.94. The highest BCUT2D eigenvalue weighted by atomic mass is 16.5. The number of carboxylic acids is 1. The maximum atomic E-state index is 10.7. The van der Waals surface area contributed by atoms with Crippen molar-refractivity contribution < 1.29 is 19.7 Å². The summed E-state index contributed by atoms with van der Waals surface area (Å²) in [6.45, 7) is 7.50. The molecule has 0 aromatic heterocycles. The summed E-state index contributed by atoms with van der Waals surface area (Å²) in [5.41, 5.74) is -1.18. The van der Waals surface area contributed by atoms with Crippen molar-refractivity contribution in [2.24, 2.45) is 10.8 Å². The molecule has 0 saturated heterocycles. The first-order chi connectivity index (χ1) is 6.21. The minimum absolute atomic E-state index is 0.0283. The fourth-order valence-corrected chi connectivity index (χ4v) is 0.690. The molecule has 14 heavy (non-hydrogen) atoms. The zero-order chi connectivity index (χ0) is 11.4. The molecule has 0 aliphatic rings. The molecule has 4 nitrogen and oxygen atoms in total. The van der Waals surface area contributed by atoms with E-state index in [4.69, 9.17) is 14.9 Å². The Morgan fingerprint density at radius 3 is 2.07 bits per heavy atom. The molecular formula is C10H20O4. The Balaban J connectivity index is 3.91. The lowest BCUT2D eigenvalue weighted by Gasteiger charge is -2.25. The lowest BCUT2D eigenvalue weighted by Crippen LogP contribution is -2.32. The first kappa shape index (κ1) is 13.4. The van der Waals surface area contributed by atoms with Gasteiger partial charge in [0.15, 0.2) is 0 Å². The van der Waals surface area contributed by atoms with E-state index in [1.165, 1.54) is 0 Å². The summed E-state index contributed by atoms with van der Waals surface area (Å²) in [6.07, 6.45) is 0. The summed E-state index contributed by atoms with van der Waals surface area (Å²) in [5.74, 6) is -0.876. The van der Waals surface area contributed by atoms with Crippen LogP contribution in [0.5, 0.6) is 0 Å². The van der Waals surface area contributed by atoms with Crippen LogP contribution in [0.15, 0.2) is 0 Å². The quantitative estimate of drug-likeness (QED) is 0.680. The molecule has 0 amide bonds. The summed E-state index contributed by atoms with van der Waals surface area (Å²) in [5, 5.41) is 17.7. The Hall–Kier alpha value is -0.610. The van der Waals surface area contributed by atoms with Gasteiger partial charge in [0, 0.05) is 5.41 Å². The number of carboxylic acid groups (broad SMARTS) is 1. The Kier molecular flexibility index (Phi) is 4.55. The van der Waals surface area contributed by atoms with E-state index < -0.39 is 11.4 Å². The molecule has 0 fully saturated rings. The van der Waals surface area contributed by atoms with Gasteiger partial charge in [-0.3, -0.25) is 4.79 Å². The van der Waals surface area contributed by atoms with Crippen molar-refractivity contribution in [1.82, 2.24) is 0 Å². The van der Waals surface area contributed by atoms with Crippen molar-refractivity contribution in [3.63, 3.8) is 0 Å². The van der Waals surface area contributed by atoms with Gasteiger partial charge in [0.1, 0.15) is 0 Å². The number of hydrogen-bond acceptors (Lipinski definition) is 3. The van der Waals surface area contributed by atoms with Crippen LogP contribution in [-0.4, -0.2) is 36.0 Å². The van der Waals surface area contributed by atoms with E-state index >= 15 is 0 Å².